The first kappa shape index (κ1) is 21.1. The van der Waals surface area contributed by atoms with Crippen molar-refractivity contribution in [2.45, 2.75) is 20.3 Å². The molecule has 5 aliphatic rings. The number of benzene rings is 2. The van der Waals surface area contributed by atoms with Gasteiger partial charge < -0.3 is 4.74 Å². The van der Waals surface area contributed by atoms with Crippen LogP contribution in [0.5, 0.6) is 5.75 Å². The lowest BCUT2D eigenvalue weighted by Crippen LogP contribution is -2.45. The maximum atomic E-state index is 13.9. The number of aryl methyl sites for hydroxylation is 2. The number of rotatable bonds is 5. The van der Waals surface area contributed by atoms with Crippen molar-refractivity contribution in [2.24, 2.45) is 35.5 Å². The van der Waals surface area contributed by atoms with E-state index < -0.39 is 0 Å². The van der Waals surface area contributed by atoms with Crippen LogP contribution < -0.4 is 9.64 Å². The van der Waals surface area contributed by atoms with Crippen molar-refractivity contribution in [3.05, 3.63) is 71.3 Å². The Labute approximate surface area is 199 Å². The molecule has 3 amide bonds. The lowest BCUT2D eigenvalue weighted by molar-refractivity contribution is -0.140. The van der Waals surface area contributed by atoms with Crippen LogP contribution in [0.25, 0.3) is 0 Å². The summed E-state index contributed by atoms with van der Waals surface area (Å²) in [6, 6.07) is 12.9. The number of ether oxygens (including phenoxy) is 1. The quantitative estimate of drug-likeness (QED) is 0.504. The minimum absolute atomic E-state index is 0.0952. The SMILES string of the molecule is COc1ccccc1C(=O)N(CN1C(=O)C2C3C=CC(C4CC34)C2C1=O)c1c(C)cccc1C. The van der Waals surface area contributed by atoms with Crippen molar-refractivity contribution in [3.63, 3.8) is 0 Å². The topological polar surface area (TPSA) is 66.9 Å². The molecule has 2 saturated carbocycles. The van der Waals surface area contributed by atoms with Crippen LogP contribution in [-0.4, -0.2) is 36.4 Å². The predicted molar refractivity (Wildman–Crippen MR) is 127 cm³/mol. The summed E-state index contributed by atoms with van der Waals surface area (Å²) in [7, 11) is 1.53. The number of imide groups is 1. The number of anilines is 1. The van der Waals surface area contributed by atoms with Gasteiger partial charge in [0.1, 0.15) is 12.4 Å². The average Bonchev–Trinajstić information content (AvgIpc) is 3.63. The molecule has 6 atom stereocenters. The summed E-state index contributed by atoms with van der Waals surface area (Å²) in [4.78, 5) is 44.1. The third-order valence-corrected chi connectivity index (χ3v) is 8.33. The Morgan fingerprint density at radius 3 is 2.12 bits per heavy atom. The van der Waals surface area contributed by atoms with Crippen molar-refractivity contribution in [1.82, 2.24) is 4.90 Å². The van der Waals surface area contributed by atoms with Crippen LogP contribution in [0.3, 0.4) is 0 Å². The lowest BCUT2D eigenvalue weighted by atomic mass is 9.63. The predicted octanol–water partition coefficient (Wildman–Crippen LogP) is 3.97. The second-order valence-electron chi connectivity index (χ2n) is 10.1. The summed E-state index contributed by atoms with van der Waals surface area (Å²) in [6.07, 6.45) is 5.45. The minimum Gasteiger partial charge on any atom is -0.496 e. The number of likely N-dealkylation sites (tertiary alicyclic amines) is 1. The molecule has 4 aliphatic carbocycles. The zero-order valence-electron chi connectivity index (χ0n) is 19.6. The highest BCUT2D eigenvalue weighted by atomic mass is 16.5. The summed E-state index contributed by atoms with van der Waals surface area (Å²) in [5.74, 6) is 0.705. The lowest BCUT2D eigenvalue weighted by Gasteiger charge is -2.37. The maximum absolute atomic E-state index is 13.9. The molecule has 6 heteroatoms. The number of para-hydroxylation sites is 2. The van der Waals surface area contributed by atoms with E-state index in [0.717, 1.165) is 23.2 Å². The molecular weight excluding hydrogens is 428 g/mol. The number of hydrogen-bond donors (Lipinski definition) is 0. The van der Waals surface area contributed by atoms with E-state index in [4.69, 9.17) is 4.74 Å². The first-order valence-corrected chi connectivity index (χ1v) is 12.0. The molecule has 0 N–H and O–H groups in total. The van der Waals surface area contributed by atoms with Crippen LogP contribution in [0.4, 0.5) is 5.69 Å². The van der Waals surface area contributed by atoms with Crippen LogP contribution in [0.2, 0.25) is 0 Å². The second kappa shape index (κ2) is 7.55. The van der Waals surface area contributed by atoms with E-state index in [1.54, 1.807) is 23.1 Å². The Bertz CT molecular complexity index is 1190. The number of carbonyl (C=O) groups excluding carboxylic acids is 3. The highest BCUT2D eigenvalue weighted by Crippen LogP contribution is 2.65. The summed E-state index contributed by atoms with van der Waals surface area (Å²) in [5.41, 5.74) is 2.93. The summed E-state index contributed by atoms with van der Waals surface area (Å²) >= 11 is 0. The second-order valence-corrected chi connectivity index (χ2v) is 10.1. The highest BCUT2D eigenvalue weighted by molar-refractivity contribution is 6.11. The number of allylic oxidation sites excluding steroid dienone is 2. The van der Waals surface area contributed by atoms with E-state index >= 15 is 0 Å². The molecule has 6 unspecified atom stereocenters. The molecule has 0 aromatic heterocycles. The first-order valence-electron chi connectivity index (χ1n) is 12.0. The van der Waals surface area contributed by atoms with Gasteiger partial charge in [-0.2, -0.15) is 0 Å². The van der Waals surface area contributed by atoms with E-state index in [-0.39, 0.29) is 48.1 Å². The van der Waals surface area contributed by atoms with E-state index in [1.165, 1.54) is 12.0 Å². The van der Waals surface area contributed by atoms with Gasteiger partial charge in [-0.1, -0.05) is 42.5 Å². The Kier molecular flexibility index (Phi) is 4.70. The highest BCUT2D eigenvalue weighted by Gasteiger charge is 2.67. The largest absolute Gasteiger partial charge is 0.496 e. The molecule has 2 aromatic rings. The van der Waals surface area contributed by atoms with Crippen LogP contribution >= 0.6 is 0 Å². The number of hydrogen-bond acceptors (Lipinski definition) is 4. The summed E-state index contributed by atoms with van der Waals surface area (Å²) < 4.78 is 5.45. The normalized spacial score (nSPS) is 30.3. The van der Waals surface area contributed by atoms with Crippen molar-refractivity contribution in [3.8, 4) is 5.75 Å². The molecule has 0 radical (unpaired) electrons. The molecule has 1 aliphatic heterocycles. The van der Waals surface area contributed by atoms with E-state index in [9.17, 15) is 14.4 Å². The first-order chi connectivity index (χ1) is 16.4. The summed E-state index contributed by atoms with van der Waals surface area (Å²) in [6.45, 7) is 3.79. The zero-order valence-corrected chi connectivity index (χ0v) is 19.6. The molecule has 2 bridgehead atoms. The van der Waals surface area contributed by atoms with E-state index in [1.807, 2.05) is 38.1 Å². The standard InChI is InChI=1S/C28H28N2O4/c1-15-7-6-8-16(2)25(15)29(26(31)19-9-4-5-10-22(19)34-3)14-30-27(32)23-17-11-12-18(21-13-20(17)21)24(23)28(30)33/h4-12,17-18,20-21,23-24H,13-14H2,1-3H3. The fourth-order valence-corrected chi connectivity index (χ4v) is 6.73. The van der Waals surface area contributed by atoms with Gasteiger partial charge in [-0.05, 0) is 67.2 Å². The van der Waals surface area contributed by atoms with Gasteiger partial charge in [0.15, 0.2) is 0 Å². The Hall–Kier alpha value is -3.41. The van der Waals surface area contributed by atoms with Crippen LogP contribution in [0, 0.1) is 49.4 Å². The van der Waals surface area contributed by atoms with Crippen molar-refractivity contribution in [1.29, 1.82) is 0 Å². The number of methoxy groups -OCH3 is 1. The van der Waals surface area contributed by atoms with E-state index in [2.05, 4.69) is 12.2 Å². The smallest absolute Gasteiger partial charge is 0.263 e. The van der Waals surface area contributed by atoms with Gasteiger partial charge in [0.05, 0.1) is 30.2 Å². The minimum atomic E-state index is -0.297. The van der Waals surface area contributed by atoms with Gasteiger partial charge >= 0.3 is 0 Å². The number of nitrogens with zero attached hydrogens (tertiary/aromatic N) is 2. The third kappa shape index (κ3) is 2.90. The molecule has 1 heterocycles. The zero-order chi connectivity index (χ0) is 23.7. The van der Waals surface area contributed by atoms with Gasteiger partial charge in [0.25, 0.3) is 5.91 Å². The Morgan fingerprint density at radius 2 is 1.53 bits per heavy atom. The van der Waals surface area contributed by atoms with Crippen molar-refractivity contribution in [2.75, 3.05) is 18.7 Å². The maximum Gasteiger partial charge on any atom is 0.263 e. The molecule has 3 fully saturated rings. The van der Waals surface area contributed by atoms with Gasteiger partial charge in [0, 0.05) is 0 Å². The molecule has 7 rings (SSSR count). The molecule has 2 aromatic carbocycles. The Balaban J connectivity index is 1.39. The van der Waals surface area contributed by atoms with Crippen LogP contribution in [-0.2, 0) is 9.59 Å². The molecule has 34 heavy (non-hydrogen) atoms. The van der Waals surface area contributed by atoms with Crippen LogP contribution in [0.1, 0.15) is 27.9 Å². The average molecular weight is 457 g/mol. The third-order valence-electron chi connectivity index (χ3n) is 8.33. The van der Waals surface area contributed by atoms with Crippen molar-refractivity contribution < 1.29 is 19.1 Å². The van der Waals surface area contributed by atoms with Gasteiger partial charge in [-0.3, -0.25) is 24.2 Å². The van der Waals surface area contributed by atoms with Gasteiger partial charge in [-0.25, -0.2) is 0 Å². The monoisotopic (exact) mass is 456 g/mol. The Morgan fingerprint density at radius 1 is 0.941 bits per heavy atom. The van der Waals surface area contributed by atoms with Crippen molar-refractivity contribution >= 4 is 23.4 Å². The molecule has 0 spiro atoms. The summed E-state index contributed by atoms with van der Waals surface area (Å²) in [5, 5.41) is 0. The molecule has 6 nitrogen and oxygen atoms in total. The van der Waals surface area contributed by atoms with Crippen LogP contribution in [0.15, 0.2) is 54.6 Å². The molecular formula is C28H28N2O4. The number of carbonyl (C=O) groups is 3. The fourth-order valence-electron chi connectivity index (χ4n) is 6.73. The number of amides is 3. The van der Waals surface area contributed by atoms with Gasteiger partial charge in [-0.15, -0.1) is 0 Å². The molecule has 1 saturated heterocycles. The van der Waals surface area contributed by atoms with E-state index in [0.29, 0.717) is 23.1 Å². The molecule has 174 valence electrons. The van der Waals surface area contributed by atoms with Gasteiger partial charge in [0.2, 0.25) is 11.8 Å². The fraction of sp³-hybridized carbons (Fsp3) is 0.393.